The SMILES string of the molecule is Cc1noc(C)c1S(=O)(=O)NC1CCN(C(=O)c2cc(O)cc(O)c2)CC1. The molecule has 0 unspecified atom stereocenters. The Morgan fingerprint density at radius 1 is 1.19 bits per heavy atom. The number of hydrogen-bond donors (Lipinski definition) is 3. The lowest BCUT2D eigenvalue weighted by Gasteiger charge is -2.32. The molecule has 27 heavy (non-hydrogen) atoms. The van der Waals surface area contributed by atoms with Crippen LogP contribution in [0.4, 0.5) is 0 Å². The Labute approximate surface area is 156 Å². The standard InChI is InChI=1S/C17H21N3O6S/c1-10-16(11(2)26-18-10)27(24,25)19-13-3-5-20(6-4-13)17(23)12-7-14(21)9-15(22)8-12/h7-9,13,19,21-22H,3-6H2,1-2H3. The molecule has 1 aliphatic heterocycles. The number of likely N-dealkylation sites (tertiary alicyclic amines) is 1. The van der Waals surface area contributed by atoms with Gasteiger partial charge in [-0.05, 0) is 38.8 Å². The van der Waals surface area contributed by atoms with E-state index in [0.29, 0.717) is 31.6 Å². The van der Waals surface area contributed by atoms with E-state index in [4.69, 9.17) is 4.52 Å². The van der Waals surface area contributed by atoms with Crippen molar-refractivity contribution in [1.29, 1.82) is 0 Å². The van der Waals surface area contributed by atoms with Gasteiger partial charge in [0.25, 0.3) is 5.91 Å². The summed E-state index contributed by atoms with van der Waals surface area (Å²) in [6.07, 6.45) is 0.887. The quantitative estimate of drug-likeness (QED) is 0.710. The van der Waals surface area contributed by atoms with E-state index >= 15 is 0 Å². The predicted octanol–water partition coefficient (Wildman–Crippen LogP) is 1.29. The molecule has 1 saturated heterocycles. The first kappa shape index (κ1) is 19.2. The number of phenolic OH excluding ortho intramolecular Hbond substituents is 2. The molecule has 9 nitrogen and oxygen atoms in total. The minimum absolute atomic E-state index is 0.0521. The highest BCUT2D eigenvalue weighted by Crippen LogP contribution is 2.24. The van der Waals surface area contributed by atoms with E-state index in [-0.39, 0.29) is 39.7 Å². The van der Waals surface area contributed by atoms with Crippen LogP contribution < -0.4 is 4.72 Å². The number of carbonyl (C=O) groups is 1. The Bertz CT molecular complexity index is 921. The van der Waals surface area contributed by atoms with Gasteiger partial charge < -0.3 is 19.6 Å². The zero-order valence-electron chi connectivity index (χ0n) is 15.0. The first-order valence-corrected chi connectivity index (χ1v) is 9.93. The van der Waals surface area contributed by atoms with E-state index in [1.54, 1.807) is 18.7 Å². The molecule has 2 aromatic rings. The zero-order valence-corrected chi connectivity index (χ0v) is 15.8. The molecule has 10 heteroatoms. The van der Waals surface area contributed by atoms with E-state index in [1.165, 1.54) is 12.1 Å². The molecule has 2 heterocycles. The van der Waals surface area contributed by atoms with Gasteiger partial charge >= 0.3 is 0 Å². The van der Waals surface area contributed by atoms with E-state index in [2.05, 4.69) is 9.88 Å². The number of sulfonamides is 1. The number of amides is 1. The Hall–Kier alpha value is -2.59. The van der Waals surface area contributed by atoms with Gasteiger partial charge in [0.1, 0.15) is 22.1 Å². The van der Waals surface area contributed by atoms with Crippen LogP contribution in [0.2, 0.25) is 0 Å². The summed E-state index contributed by atoms with van der Waals surface area (Å²) >= 11 is 0. The summed E-state index contributed by atoms with van der Waals surface area (Å²) < 4.78 is 32.7. The Morgan fingerprint density at radius 2 is 1.78 bits per heavy atom. The van der Waals surface area contributed by atoms with Crippen molar-refractivity contribution in [3.63, 3.8) is 0 Å². The maximum Gasteiger partial charge on any atom is 0.254 e. The van der Waals surface area contributed by atoms with Gasteiger partial charge in [-0.25, -0.2) is 13.1 Å². The summed E-state index contributed by atoms with van der Waals surface area (Å²) in [5, 5.41) is 22.7. The Balaban J connectivity index is 1.64. The molecule has 1 aromatic heterocycles. The van der Waals surface area contributed by atoms with E-state index in [1.807, 2.05) is 0 Å². The molecule has 0 bridgehead atoms. The fourth-order valence-electron chi connectivity index (χ4n) is 3.24. The number of phenols is 2. The summed E-state index contributed by atoms with van der Waals surface area (Å²) in [6.45, 7) is 3.81. The van der Waals surface area contributed by atoms with Crippen LogP contribution in [-0.4, -0.2) is 53.7 Å². The number of benzene rings is 1. The molecule has 1 amide bonds. The summed E-state index contributed by atoms with van der Waals surface area (Å²) in [5.41, 5.74) is 0.485. The third-order valence-electron chi connectivity index (χ3n) is 4.49. The molecule has 0 spiro atoms. The lowest BCUT2D eigenvalue weighted by atomic mass is 10.0. The van der Waals surface area contributed by atoms with Crippen LogP contribution in [0, 0.1) is 13.8 Å². The zero-order chi connectivity index (χ0) is 19.8. The largest absolute Gasteiger partial charge is 0.508 e. The molecule has 1 aromatic carbocycles. The first-order chi connectivity index (χ1) is 12.7. The fraction of sp³-hybridized carbons (Fsp3) is 0.412. The minimum atomic E-state index is -3.75. The highest BCUT2D eigenvalue weighted by atomic mass is 32.2. The molecule has 1 aliphatic rings. The topological polar surface area (TPSA) is 133 Å². The van der Waals surface area contributed by atoms with E-state index < -0.39 is 10.0 Å². The highest BCUT2D eigenvalue weighted by Gasteiger charge is 2.30. The van der Waals surface area contributed by atoms with E-state index in [0.717, 1.165) is 6.07 Å². The van der Waals surface area contributed by atoms with Crippen molar-refractivity contribution in [2.75, 3.05) is 13.1 Å². The smallest absolute Gasteiger partial charge is 0.254 e. The van der Waals surface area contributed by atoms with Crippen molar-refractivity contribution in [2.45, 2.75) is 37.6 Å². The molecule has 0 aliphatic carbocycles. The molecule has 0 atom stereocenters. The number of nitrogens with one attached hydrogen (secondary N) is 1. The van der Waals surface area contributed by atoms with Crippen LogP contribution in [0.15, 0.2) is 27.6 Å². The third-order valence-corrected chi connectivity index (χ3v) is 6.25. The van der Waals surface area contributed by atoms with Crippen molar-refractivity contribution in [3.8, 4) is 11.5 Å². The summed E-state index contributed by atoms with van der Waals surface area (Å²) in [4.78, 5) is 14.1. The number of nitrogens with zero attached hydrogens (tertiary/aromatic N) is 2. The normalized spacial score (nSPS) is 15.9. The van der Waals surface area contributed by atoms with Crippen molar-refractivity contribution in [3.05, 3.63) is 35.2 Å². The number of carbonyl (C=O) groups excluding carboxylic acids is 1. The Kier molecular flexibility index (Phi) is 5.11. The monoisotopic (exact) mass is 395 g/mol. The highest BCUT2D eigenvalue weighted by molar-refractivity contribution is 7.89. The van der Waals surface area contributed by atoms with Gasteiger partial charge in [0, 0.05) is 30.8 Å². The molecule has 0 radical (unpaired) electrons. The first-order valence-electron chi connectivity index (χ1n) is 8.45. The fourth-order valence-corrected chi connectivity index (χ4v) is 4.87. The van der Waals surface area contributed by atoms with Gasteiger partial charge in [0.05, 0.1) is 0 Å². The number of rotatable bonds is 4. The maximum absolute atomic E-state index is 12.6. The van der Waals surface area contributed by atoms with Crippen molar-refractivity contribution >= 4 is 15.9 Å². The average molecular weight is 395 g/mol. The maximum atomic E-state index is 12.6. The molecule has 146 valence electrons. The van der Waals surface area contributed by atoms with Gasteiger partial charge in [-0.15, -0.1) is 0 Å². The molecule has 1 fully saturated rings. The van der Waals surface area contributed by atoms with Gasteiger partial charge in [-0.3, -0.25) is 4.79 Å². The second-order valence-electron chi connectivity index (χ2n) is 6.58. The molecular weight excluding hydrogens is 374 g/mol. The minimum Gasteiger partial charge on any atom is -0.508 e. The Morgan fingerprint density at radius 3 is 2.30 bits per heavy atom. The molecule has 3 rings (SSSR count). The molecule has 3 N–H and O–H groups in total. The van der Waals surface area contributed by atoms with Crippen LogP contribution in [-0.2, 0) is 10.0 Å². The van der Waals surface area contributed by atoms with Gasteiger partial charge in [0.2, 0.25) is 10.0 Å². The van der Waals surface area contributed by atoms with Gasteiger partial charge in [0.15, 0.2) is 5.76 Å². The number of aromatic hydroxyl groups is 2. The summed E-state index contributed by atoms with van der Waals surface area (Å²) in [5.74, 6) is -0.481. The number of hydrogen-bond acceptors (Lipinski definition) is 7. The van der Waals surface area contributed by atoms with Gasteiger partial charge in [-0.2, -0.15) is 0 Å². The molecule has 0 saturated carbocycles. The van der Waals surface area contributed by atoms with Crippen molar-refractivity contribution in [2.24, 2.45) is 0 Å². The second kappa shape index (κ2) is 7.20. The summed E-state index contributed by atoms with van der Waals surface area (Å²) in [6, 6.07) is 3.40. The number of piperidine rings is 1. The van der Waals surface area contributed by atoms with Gasteiger partial charge in [-0.1, -0.05) is 5.16 Å². The van der Waals surface area contributed by atoms with E-state index in [9.17, 15) is 23.4 Å². The lowest BCUT2D eigenvalue weighted by Crippen LogP contribution is -2.46. The average Bonchev–Trinajstić information content (AvgIpc) is 2.93. The predicted molar refractivity (Wildman–Crippen MR) is 95.0 cm³/mol. The van der Waals surface area contributed by atoms with Crippen LogP contribution >= 0.6 is 0 Å². The second-order valence-corrected chi connectivity index (χ2v) is 8.23. The summed E-state index contributed by atoms with van der Waals surface area (Å²) in [7, 11) is -3.75. The number of aromatic nitrogens is 1. The molecular formula is C17H21N3O6S. The number of aryl methyl sites for hydroxylation is 2. The third kappa shape index (κ3) is 4.06. The van der Waals surface area contributed by atoms with Crippen LogP contribution in [0.3, 0.4) is 0 Å². The van der Waals surface area contributed by atoms with Crippen LogP contribution in [0.25, 0.3) is 0 Å². The van der Waals surface area contributed by atoms with Crippen LogP contribution in [0.1, 0.15) is 34.7 Å². The van der Waals surface area contributed by atoms with Crippen molar-refractivity contribution in [1.82, 2.24) is 14.8 Å². The van der Waals surface area contributed by atoms with Crippen LogP contribution in [0.5, 0.6) is 11.5 Å². The van der Waals surface area contributed by atoms with Crippen molar-refractivity contribution < 1.29 is 27.9 Å². The lowest BCUT2D eigenvalue weighted by molar-refractivity contribution is 0.0710.